The Hall–Kier alpha value is -1.80. The van der Waals surface area contributed by atoms with Crippen molar-refractivity contribution in [3.05, 3.63) is 12.2 Å². The molecule has 1 aliphatic heterocycles. The number of ether oxygens (including phenoxy) is 1. The van der Waals surface area contributed by atoms with Crippen LogP contribution in [0.4, 0.5) is 0 Å². The molecule has 0 aromatic heterocycles. The number of hydrogen-bond acceptors (Lipinski definition) is 4. The largest absolute Gasteiger partial charge is 0.469 e. The molecule has 0 bridgehead atoms. The molecule has 0 saturated carbocycles. The van der Waals surface area contributed by atoms with Gasteiger partial charge >= 0.3 is 5.97 Å². The fourth-order valence-electron chi connectivity index (χ4n) is 2.96. The molecule has 0 radical (unpaired) electrons. The van der Waals surface area contributed by atoms with Gasteiger partial charge in [-0.1, -0.05) is 44.3 Å². The molecular weight excluding hydrogens is 330 g/mol. The van der Waals surface area contributed by atoms with Gasteiger partial charge in [-0.25, -0.2) is 0 Å². The van der Waals surface area contributed by atoms with E-state index in [9.17, 15) is 14.7 Å². The third-order valence-corrected chi connectivity index (χ3v) is 4.55. The highest BCUT2D eigenvalue weighted by Gasteiger charge is 2.25. The third kappa shape index (κ3) is 9.05. The second-order valence-electron chi connectivity index (χ2n) is 6.71. The Morgan fingerprint density at radius 2 is 2.19 bits per heavy atom. The predicted molar refractivity (Wildman–Crippen MR) is 102 cm³/mol. The van der Waals surface area contributed by atoms with Gasteiger partial charge in [0.15, 0.2) is 0 Å². The first-order chi connectivity index (χ1) is 12.6. The zero-order valence-electron chi connectivity index (χ0n) is 16.2. The van der Waals surface area contributed by atoms with Gasteiger partial charge in [0.1, 0.15) is 0 Å². The number of aliphatic hydroxyl groups excluding tert-OH is 1. The number of nitrogens with zero attached hydrogens (tertiary/aromatic N) is 1. The maximum absolute atomic E-state index is 12.2. The lowest BCUT2D eigenvalue weighted by Crippen LogP contribution is -2.42. The first-order valence-corrected chi connectivity index (χ1v) is 9.76. The summed E-state index contributed by atoms with van der Waals surface area (Å²) in [5, 5.41) is 10.0. The fourth-order valence-corrected chi connectivity index (χ4v) is 2.96. The van der Waals surface area contributed by atoms with Gasteiger partial charge in [0.05, 0.1) is 25.8 Å². The smallest absolute Gasteiger partial charge is 0.305 e. The van der Waals surface area contributed by atoms with Gasteiger partial charge in [0.2, 0.25) is 5.91 Å². The Kier molecular flexibility index (Phi) is 11.5. The molecule has 0 aromatic rings. The van der Waals surface area contributed by atoms with Gasteiger partial charge in [-0.3, -0.25) is 9.59 Å². The van der Waals surface area contributed by atoms with E-state index >= 15 is 0 Å². The van der Waals surface area contributed by atoms with Crippen LogP contribution in [0.5, 0.6) is 0 Å². The molecule has 1 heterocycles. The van der Waals surface area contributed by atoms with Crippen molar-refractivity contribution < 1.29 is 19.4 Å². The van der Waals surface area contributed by atoms with E-state index in [1.807, 2.05) is 12.2 Å². The van der Waals surface area contributed by atoms with Crippen LogP contribution < -0.4 is 0 Å². The Balaban J connectivity index is 2.46. The van der Waals surface area contributed by atoms with Crippen LogP contribution in [0, 0.1) is 11.8 Å². The van der Waals surface area contributed by atoms with Crippen molar-refractivity contribution in [1.29, 1.82) is 0 Å². The zero-order chi connectivity index (χ0) is 19.2. The molecule has 2 atom stereocenters. The van der Waals surface area contributed by atoms with Gasteiger partial charge in [0.25, 0.3) is 0 Å². The summed E-state index contributed by atoms with van der Waals surface area (Å²) in [6.07, 6.45) is 11.4. The van der Waals surface area contributed by atoms with Crippen molar-refractivity contribution in [3.8, 4) is 11.8 Å². The number of likely N-dealkylation sites (tertiary alicyclic amines) is 1. The first kappa shape index (κ1) is 22.2. The average molecular weight is 363 g/mol. The molecule has 146 valence electrons. The van der Waals surface area contributed by atoms with Gasteiger partial charge in [0, 0.05) is 19.3 Å². The highest BCUT2D eigenvalue weighted by molar-refractivity contribution is 5.78. The molecule has 26 heavy (non-hydrogen) atoms. The van der Waals surface area contributed by atoms with Crippen LogP contribution in [-0.2, 0) is 14.3 Å². The number of rotatable bonds is 10. The molecule has 0 spiro atoms. The van der Waals surface area contributed by atoms with Crippen molar-refractivity contribution in [2.45, 2.75) is 83.3 Å². The molecule has 1 unspecified atom stereocenters. The molecular formula is C21H33NO4. The fraction of sp³-hybridized carbons (Fsp3) is 0.714. The van der Waals surface area contributed by atoms with Crippen LogP contribution in [-0.4, -0.2) is 47.7 Å². The Labute approximate surface area is 157 Å². The summed E-state index contributed by atoms with van der Waals surface area (Å²) in [6, 6.07) is 0.0152. The lowest BCUT2D eigenvalue weighted by Gasteiger charge is -2.32. The molecule has 1 fully saturated rings. The van der Waals surface area contributed by atoms with Gasteiger partial charge in [-0.2, -0.15) is 0 Å². The Morgan fingerprint density at radius 1 is 1.38 bits per heavy atom. The monoisotopic (exact) mass is 363 g/mol. The molecule has 1 N–H and O–H groups in total. The maximum atomic E-state index is 12.2. The number of unbranched alkanes of at least 4 members (excludes halogenated alkanes) is 3. The van der Waals surface area contributed by atoms with E-state index in [2.05, 4.69) is 23.5 Å². The normalized spacial score (nSPS) is 18.5. The SMILES string of the molecule is CCCCCC(O)/C=C/[C@H]1CCCC(=O)N1CC#CCCCC(=O)OC. The van der Waals surface area contributed by atoms with Crippen LogP contribution in [0.3, 0.4) is 0 Å². The number of carbonyl (C=O) groups is 2. The number of esters is 1. The summed E-state index contributed by atoms with van der Waals surface area (Å²) in [5.41, 5.74) is 0. The van der Waals surface area contributed by atoms with E-state index in [1.165, 1.54) is 7.11 Å². The van der Waals surface area contributed by atoms with Gasteiger partial charge < -0.3 is 14.7 Å². The Bertz CT molecular complexity index is 518. The predicted octanol–water partition coefficient (Wildman–Crippen LogP) is 3.21. The third-order valence-electron chi connectivity index (χ3n) is 4.55. The van der Waals surface area contributed by atoms with E-state index in [0.29, 0.717) is 32.2 Å². The number of amides is 1. The van der Waals surface area contributed by atoms with E-state index in [1.54, 1.807) is 4.90 Å². The summed E-state index contributed by atoms with van der Waals surface area (Å²) in [6.45, 7) is 2.54. The lowest BCUT2D eigenvalue weighted by molar-refractivity contribution is -0.140. The maximum Gasteiger partial charge on any atom is 0.305 e. The highest BCUT2D eigenvalue weighted by Crippen LogP contribution is 2.19. The minimum Gasteiger partial charge on any atom is -0.469 e. The molecule has 0 aliphatic carbocycles. The first-order valence-electron chi connectivity index (χ1n) is 9.76. The van der Waals surface area contributed by atoms with Crippen LogP contribution in [0.15, 0.2) is 12.2 Å². The summed E-state index contributed by atoms with van der Waals surface area (Å²) in [4.78, 5) is 25.0. The molecule has 0 aromatic carbocycles. The van der Waals surface area contributed by atoms with Crippen LogP contribution in [0.25, 0.3) is 0 Å². The second kappa shape index (κ2) is 13.4. The Morgan fingerprint density at radius 3 is 2.92 bits per heavy atom. The molecule has 5 heteroatoms. The van der Waals surface area contributed by atoms with Crippen molar-refractivity contribution >= 4 is 11.9 Å². The number of methoxy groups -OCH3 is 1. The van der Waals surface area contributed by atoms with Crippen molar-refractivity contribution in [2.75, 3.05) is 13.7 Å². The molecule has 1 saturated heterocycles. The molecule has 1 amide bonds. The van der Waals surface area contributed by atoms with Gasteiger partial charge in [-0.05, 0) is 25.7 Å². The summed E-state index contributed by atoms with van der Waals surface area (Å²) >= 11 is 0. The van der Waals surface area contributed by atoms with Gasteiger partial charge in [-0.15, -0.1) is 5.92 Å². The lowest BCUT2D eigenvalue weighted by atomic mass is 10.00. The standard InChI is InChI=1S/C21H33NO4/c1-3-4-7-12-19(23)16-15-18-11-10-13-20(24)22(18)17-9-6-5-8-14-21(25)26-2/h15-16,18-19,23H,3-5,7-8,10-14,17H2,1-2H3/b16-15+/t18-,19?/m1/s1. The van der Waals surface area contributed by atoms with Crippen molar-refractivity contribution in [3.63, 3.8) is 0 Å². The average Bonchev–Trinajstić information content (AvgIpc) is 2.64. The van der Waals surface area contributed by atoms with Crippen molar-refractivity contribution in [2.24, 2.45) is 0 Å². The molecule has 1 aliphatic rings. The highest BCUT2D eigenvalue weighted by atomic mass is 16.5. The number of piperidine rings is 1. The van der Waals surface area contributed by atoms with Crippen LogP contribution >= 0.6 is 0 Å². The van der Waals surface area contributed by atoms with Crippen LogP contribution in [0.2, 0.25) is 0 Å². The number of aliphatic hydroxyl groups is 1. The summed E-state index contributed by atoms with van der Waals surface area (Å²) < 4.78 is 4.59. The van der Waals surface area contributed by atoms with E-state index < -0.39 is 6.10 Å². The van der Waals surface area contributed by atoms with E-state index in [4.69, 9.17) is 0 Å². The minimum atomic E-state index is -0.440. The minimum absolute atomic E-state index is 0.0152. The second-order valence-corrected chi connectivity index (χ2v) is 6.71. The van der Waals surface area contributed by atoms with Crippen LogP contribution in [0.1, 0.15) is 71.1 Å². The topological polar surface area (TPSA) is 66.8 Å². The summed E-state index contributed by atoms with van der Waals surface area (Å²) in [7, 11) is 1.38. The van der Waals surface area contributed by atoms with Crippen molar-refractivity contribution in [1.82, 2.24) is 4.90 Å². The molecule has 5 nitrogen and oxygen atoms in total. The zero-order valence-corrected chi connectivity index (χ0v) is 16.2. The molecule has 1 rings (SSSR count). The van der Waals surface area contributed by atoms with E-state index in [-0.39, 0.29) is 17.9 Å². The number of carbonyl (C=O) groups excluding carboxylic acids is 2. The summed E-state index contributed by atoms with van der Waals surface area (Å²) in [5.74, 6) is 5.97. The van der Waals surface area contributed by atoms with E-state index in [0.717, 1.165) is 38.5 Å². The quantitative estimate of drug-likeness (QED) is 0.280. The number of hydrogen-bond donors (Lipinski definition) is 1.